The van der Waals surface area contributed by atoms with Crippen molar-refractivity contribution in [1.82, 2.24) is 15.1 Å². The van der Waals surface area contributed by atoms with E-state index in [4.69, 9.17) is 0 Å². The van der Waals surface area contributed by atoms with E-state index in [-0.39, 0.29) is 0 Å². The monoisotopic (exact) mass is 235 g/mol. The summed E-state index contributed by atoms with van der Waals surface area (Å²) in [7, 11) is 0. The van der Waals surface area contributed by atoms with Crippen LogP contribution in [0.25, 0.3) is 0 Å². The van der Waals surface area contributed by atoms with Gasteiger partial charge in [0.05, 0.1) is 0 Å². The summed E-state index contributed by atoms with van der Waals surface area (Å²) in [6.07, 6.45) is 7.16. The molecule has 5 aliphatic heterocycles. The first kappa shape index (κ1) is 10.8. The maximum Gasteiger partial charge on any atom is 0.0250 e. The summed E-state index contributed by atoms with van der Waals surface area (Å²) in [6, 6.07) is 2.50. The first-order valence-corrected chi connectivity index (χ1v) is 7.62. The van der Waals surface area contributed by atoms with Crippen molar-refractivity contribution in [2.24, 2.45) is 5.92 Å². The Bertz CT molecular complexity index is 285. The molecule has 5 saturated heterocycles. The average molecular weight is 235 g/mol. The Balaban J connectivity index is 1.41. The standard InChI is InChI=1S/C14H25N3/c1-2-14-12(5-9-17(14)6-1)15-13-10-16-7-3-11(13)4-8-16/h11-15H,1-10H2. The minimum Gasteiger partial charge on any atom is -0.308 e. The lowest BCUT2D eigenvalue weighted by Crippen LogP contribution is -2.59. The van der Waals surface area contributed by atoms with Gasteiger partial charge in [0.2, 0.25) is 0 Å². The Morgan fingerprint density at radius 2 is 1.71 bits per heavy atom. The fourth-order valence-corrected chi connectivity index (χ4v) is 4.71. The highest BCUT2D eigenvalue weighted by atomic mass is 15.3. The molecule has 0 amide bonds. The molecule has 0 saturated carbocycles. The number of piperidine rings is 3. The zero-order valence-electron chi connectivity index (χ0n) is 10.8. The van der Waals surface area contributed by atoms with E-state index in [1.165, 1.54) is 64.8 Å². The van der Waals surface area contributed by atoms with Gasteiger partial charge >= 0.3 is 0 Å². The molecule has 3 atom stereocenters. The molecule has 3 heteroatoms. The van der Waals surface area contributed by atoms with Crippen molar-refractivity contribution in [3.63, 3.8) is 0 Å². The van der Waals surface area contributed by atoms with Crippen LogP contribution in [-0.2, 0) is 0 Å². The quantitative estimate of drug-likeness (QED) is 0.767. The third kappa shape index (κ3) is 1.83. The molecule has 3 nitrogen and oxygen atoms in total. The van der Waals surface area contributed by atoms with Gasteiger partial charge in [0, 0.05) is 31.2 Å². The van der Waals surface area contributed by atoms with Crippen LogP contribution in [0.15, 0.2) is 0 Å². The van der Waals surface area contributed by atoms with Crippen molar-refractivity contribution in [2.45, 2.75) is 50.2 Å². The van der Waals surface area contributed by atoms with Gasteiger partial charge in [0.15, 0.2) is 0 Å². The second kappa shape index (κ2) is 4.22. The SMILES string of the molecule is C1CC2C(NC3CN4CCC3CC4)CCN2C1. The molecule has 1 N–H and O–H groups in total. The third-order valence-electron chi connectivity index (χ3n) is 5.69. The predicted molar refractivity (Wildman–Crippen MR) is 69.1 cm³/mol. The Kier molecular flexibility index (Phi) is 2.67. The van der Waals surface area contributed by atoms with Crippen LogP contribution in [0.5, 0.6) is 0 Å². The summed E-state index contributed by atoms with van der Waals surface area (Å²) in [5.41, 5.74) is 0. The van der Waals surface area contributed by atoms with Crippen LogP contribution in [0.4, 0.5) is 0 Å². The fraction of sp³-hybridized carbons (Fsp3) is 1.00. The van der Waals surface area contributed by atoms with Crippen molar-refractivity contribution in [3.8, 4) is 0 Å². The summed E-state index contributed by atoms with van der Waals surface area (Å²) in [5.74, 6) is 0.982. The zero-order valence-corrected chi connectivity index (χ0v) is 10.8. The van der Waals surface area contributed by atoms with Crippen molar-refractivity contribution in [3.05, 3.63) is 0 Å². The van der Waals surface area contributed by atoms with E-state index >= 15 is 0 Å². The van der Waals surface area contributed by atoms with Crippen LogP contribution in [-0.4, -0.2) is 60.6 Å². The van der Waals surface area contributed by atoms with Crippen molar-refractivity contribution >= 4 is 0 Å². The summed E-state index contributed by atoms with van der Waals surface area (Å²) in [6.45, 7) is 6.77. The van der Waals surface area contributed by atoms with Crippen LogP contribution in [0.1, 0.15) is 32.1 Å². The lowest BCUT2D eigenvalue weighted by atomic mass is 9.83. The van der Waals surface area contributed by atoms with E-state index in [1.807, 2.05) is 0 Å². The number of rotatable bonds is 2. The predicted octanol–water partition coefficient (Wildman–Crippen LogP) is 0.907. The minimum absolute atomic E-state index is 0.808. The largest absolute Gasteiger partial charge is 0.308 e. The fourth-order valence-electron chi connectivity index (χ4n) is 4.71. The number of nitrogens with one attached hydrogen (secondary N) is 1. The number of nitrogens with zero attached hydrogens (tertiary/aromatic N) is 2. The van der Waals surface area contributed by atoms with Gasteiger partial charge in [-0.2, -0.15) is 0 Å². The van der Waals surface area contributed by atoms with E-state index in [2.05, 4.69) is 15.1 Å². The van der Waals surface area contributed by atoms with Gasteiger partial charge in [-0.05, 0) is 57.7 Å². The Hall–Kier alpha value is -0.120. The van der Waals surface area contributed by atoms with Crippen LogP contribution in [0.3, 0.4) is 0 Å². The summed E-state index contributed by atoms with van der Waals surface area (Å²) in [5, 5.41) is 4.04. The molecule has 96 valence electrons. The van der Waals surface area contributed by atoms with Crippen molar-refractivity contribution in [1.29, 1.82) is 0 Å². The number of fused-ring (bicyclic) bond motifs is 4. The molecular weight excluding hydrogens is 210 g/mol. The lowest BCUT2D eigenvalue weighted by molar-refractivity contribution is 0.0649. The van der Waals surface area contributed by atoms with Crippen LogP contribution >= 0.6 is 0 Å². The van der Waals surface area contributed by atoms with Gasteiger partial charge in [-0.15, -0.1) is 0 Å². The second-order valence-corrected chi connectivity index (χ2v) is 6.55. The van der Waals surface area contributed by atoms with Gasteiger partial charge in [0.25, 0.3) is 0 Å². The molecule has 0 radical (unpaired) electrons. The summed E-state index contributed by atoms with van der Waals surface area (Å²) < 4.78 is 0. The molecule has 0 aliphatic carbocycles. The first-order chi connectivity index (χ1) is 8.40. The third-order valence-corrected chi connectivity index (χ3v) is 5.69. The molecule has 0 spiro atoms. The van der Waals surface area contributed by atoms with Crippen molar-refractivity contribution in [2.75, 3.05) is 32.7 Å². The molecule has 2 bridgehead atoms. The highest BCUT2D eigenvalue weighted by Crippen LogP contribution is 2.32. The van der Waals surface area contributed by atoms with Crippen LogP contribution in [0, 0.1) is 5.92 Å². The molecule has 0 aromatic heterocycles. The lowest BCUT2D eigenvalue weighted by Gasteiger charge is -2.46. The minimum atomic E-state index is 0.808. The molecule has 5 fully saturated rings. The average Bonchev–Trinajstić information content (AvgIpc) is 2.96. The smallest absolute Gasteiger partial charge is 0.0250 e. The maximum absolute atomic E-state index is 4.04. The second-order valence-electron chi connectivity index (χ2n) is 6.55. The highest BCUT2D eigenvalue weighted by Gasteiger charge is 2.41. The number of hydrogen-bond acceptors (Lipinski definition) is 3. The molecule has 3 unspecified atom stereocenters. The van der Waals surface area contributed by atoms with Crippen molar-refractivity contribution < 1.29 is 0 Å². The molecular formula is C14H25N3. The van der Waals surface area contributed by atoms with E-state index in [1.54, 1.807) is 0 Å². The van der Waals surface area contributed by atoms with Gasteiger partial charge in [-0.25, -0.2) is 0 Å². The van der Waals surface area contributed by atoms with E-state index in [0.29, 0.717) is 0 Å². The molecule has 5 heterocycles. The molecule has 17 heavy (non-hydrogen) atoms. The summed E-state index contributed by atoms with van der Waals surface area (Å²) >= 11 is 0. The molecule has 5 rings (SSSR count). The van der Waals surface area contributed by atoms with E-state index in [9.17, 15) is 0 Å². The van der Waals surface area contributed by atoms with Gasteiger partial charge in [-0.1, -0.05) is 0 Å². The maximum atomic E-state index is 4.04. The Morgan fingerprint density at radius 3 is 2.47 bits per heavy atom. The van der Waals surface area contributed by atoms with Gasteiger partial charge < -0.3 is 10.2 Å². The highest BCUT2D eigenvalue weighted by molar-refractivity contribution is 5.00. The summed E-state index contributed by atoms with van der Waals surface area (Å²) in [4.78, 5) is 5.39. The van der Waals surface area contributed by atoms with E-state index < -0.39 is 0 Å². The molecule has 5 aliphatic rings. The topological polar surface area (TPSA) is 18.5 Å². The number of hydrogen-bond donors (Lipinski definition) is 1. The first-order valence-electron chi connectivity index (χ1n) is 7.62. The zero-order chi connectivity index (χ0) is 11.2. The normalized spacial score (nSPS) is 49.8. The Morgan fingerprint density at radius 1 is 0.824 bits per heavy atom. The molecule has 0 aromatic carbocycles. The van der Waals surface area contributed by atoms with Gasteiger partial charge in [0.1, 0.15) is 0 Å². The Labute approximate surface area is 105 Å². The van der Waals surface area contributed by atoms with Gasteiger partial charge in [-0.3, -0.25) is 4.90 Å². The van der Waals surface area contributed by atoms with Crippen LogP contribution < -0.4 is 5.32 Å². The molecule has 0 aromatic rings. The van der Waals surface area contributed by atoms with E-state index in [0.717, 1.165) is 24.0 Å². The van der Waals surface area contributed by atoms with Crippen LogP contribution in [0.2, 0.25) is 0 Å².